The van der Waals surface area contributed by atoms with Crippen molar-refractivity contribution in [3.8, 4) is 6.07 Å². The molecular formula is C11H9ClN4O3. The predicted molar refractivity (Wildman–Crippen MR) is 65.6 cm³/mol. The van der Waals surface area contributed by atoms with Gasteiger partial charge in [0.1, 0.15) is 22.5 Å². The van der Waals surface area contributed by atoms with Crippen molar-refractivity contribution in [3.05, 3.63) is 33.1 Å². The third-order valence-electron chi connectivity index (χ3n) is 3.06. The van der Waals surface area contributed by atoms with E-state index >= 15 is 0 Å². The Morgan fingerprint density at radius 2 is 2.32 bits per heavy atom. The Morgan fingerprint density at radius 3 is 2.79 bits per heavy atom. The van der Waals surface area contributed by atoms with E-state index in [1.54, 1.807) is 0 Å². The fraction of sp³-hybridized carbons (Fsp3) is 0.364. The van der Waals surface area contributed by atoms with Crippen molar-refractivity contribution in [2.45, 2.75) is 24.8 Å². The maximum Gasteiger partial charge on any atom is 0.300 e. The lowest BCUT2D eigenvalue weighted by Gasteiger charge is -2.35. The van der Waals surface area contributed by atoms with Gasteiger partial charge in [0.05, 0.1) is 11.0 Å². The molecule has 1 aliphatic carbocycles. The maximum absolute atomic E-state index is 12.0. The van der Waals surface area contributed by atoms with Crippen molar-refractivity contribution >= 4 is 23.2 Å². The molecule has 0 saturated heterocycles. The van der Waals surface area contributed by atoms with Crippen LogP contribution in [0.4, 0.5) is 5.69 Å². The minimum atomic E-state index is -0.916. The Balaban J connectivity index is 2.31. The third kappa shape index (κ3) is 2.48. The van der Waals surface area contributed by atoms with Gasteiger partial charge in [-0.05, 0) is 25.3 Å². The van der Waals surface area contributed by atoms with Crippen LogP contribution in [-0.2, 0) is 0 Å². The van der Waals surface area contributed by atoms with E-state index in [2.05, 4.69) is 10.3 Å². The number of nitro groups is 1. The van der Waals surface area contributed by atoms with E-state index < -0.39 is 22.1 Å². The summed E-state index contributed by atoms with van der Waals surface area (Å²) in [5, 5.41) is 22.4. The molecule has 1 saturated carbocycles. The first-order valence-corrected chi connectivity index (χ1v) is 5.89. The number of hydrogen-bond acceptors (Lipinski definition) is 5. The van der Waals surface area contributed by atoms with Gasteiger partial charge in [-0.3, -0.25) is 14.9 Å². The number of pyridine rings is 1. The predicted octanol–water partition coefficient (Wildman–Crippen LogP) is 1.82. The number of halogens is 1. The number of hydrogen-bond donors (Lipinski definition) is 1. The Morgan fingerprint density at radius 1 is 1.63 bits per heavy atom. The summed E-state index contributed by atoms with van der Waals surface area (Å²) >= 11 is 5.64. The van der Waals surface area contributed by atoms with Crippen LogP contribution in [0.5, 0.6) is 0 Å². The molecule has 1 aromatic heterocycles. The number of rotatable bonds is 3. The zero-order valence-electron chi connectivity index (χ0n) is 9.72. The van der Waals surface area contributed by atoms with Gasteiger partial charge >= 0.3 is 0 Å². The second-order valence-electron chi connectivity index (χ2n) is 4.28. The van der Waals surface area contributed by atoms with Gasteiger partial charge in [0.15, 0.2) is 0 Å². The van der Waals surface area contributed by atoms with Crippen LogP contribution in [0.15, 0.2) is 12.3 Å². The number of nitriles is 1. The number of amides is 1. The summed E-state index contributed by atoms with van der Waals surface area (Å²) in [6, 6.07) is 3.15. The molecule has 7 nitrogen and oxygen atoms in total. The lowest BCUT2D eigenvalue weighted by atomic mass is 9.78. The summed E-state index contributed by atoms with van der Waals surface area (Å²) in [4.78, 5) is 25.7. The highest BCUT2D eigenvalue weighted by Gasteiger charge is 2.39. The Hall–Kier alpha value is -2.20. The summed E-state index contributed by atoms with van der Waals surface area (Å²) in [7, 11) is 0. The van der Waals surface area contributed by atoms with Gasteiger partial charge in [0, 0.05) is 0 Å². The molecule has 0 aromatic carbocycles. The van der Waals surface area contributed by atoms with E-state index in [4.69, 9.17) is 16.9 Å². The Labute approximate surface area is 113 Å². The van der Waals surface area contributed by atoms with Gasteiger partial charge in [-0.1, -0.05) is 11.6 Å². The van der Waals surface area contributed by atoms with Crippen molar-refractivity contribution < 1.29 is 9.72 Å². The van der Waals surface area contributed by atoms with Crippen molar-refractivity contribution in [2.24, 2.45) is 0 Å². The lowest BCUT2D eigenvalue weighted by molar-refractivity contribution is -0.385. The smallest absolute Gasteiger partial charge is 0.300 e. The molecule has 0 atom stereocenters. The van der Waals surface area contributed by atoms with Crippen LogP contribution in [0, 0.1) is 21.4 Å². The largest absolute Gasteiger partial charge is 0.333 e. The van der Waals surface area contributed by atoms with Gasteiger partial charge in [0.2, 0.25) is 0 Å². The molecular weight excluding hydrogens is 272 g/mol. The molecule has 8 heteroatoms. The number of nitrogens with zero attached hydrogens (tertiary/aromatic N) is 3. The molecule has 2 rings (SSSR count). The van der Waals surface area contributed by atoms with Crippen molar-refractivity contribution in [1.82, 2.24) is 10.3 Å². The fourth-order valence-corrected chi connectivity index (χ4v) is 1.99. The molecule has 0 aliphatic heterocycles. The zero-order chi connectivity index (χ0) is 14.0. The molecule has 1 amide bonds. The minimum absolute atomic E-state index is 0.0182. The molecule has 1 aliphatic rings. The number of aromatic nitrogens is 1. The molecule has 19 heavy (non-hydrogen) atoms. The van der Waals surface area contributed by atoms with Gasteiger partial charge < -0.3 is 5.32 Å². The van der Waals surface area contributed by atoms with Gasteiger partial charge in [-0.25, -0.2) is 4.98 Å². The van der Waals surface area contributed by atoms with Gasteiger partial charge in [-0.2, -0.15) is 5.26 Å². The first kappa shape index (κ1) is 13.2. The summed E-state index contributed by atoms with van der Waals surface area (Å²) in [5.74, 6) is -0.683. The molecule has 1 heterocycles. The van der Waals surface area contributed by atoms with E-state index in [0.29, 0.717) is 12.8 Å². The molecule has 0 spiro atoms. The quantitative estimate of drug-likeness (QED) is 0.516. The summed E-state index contributed by atoms with van der Waals surface area (Å²) in [6.45, 7) is 0. The zero-order valence-corrected chi connectivity index (χ0v) is 10.5. The summed E-state index contributed by atoms with van der Waals surface area (Å²) < 4.78 is 0. The van der Waals surface area contributed by atoms with Crippen LogP contribution in [0.2, 0.25) is 5.15 Å². The van der Waals surface area contributed by atoms with Crippen LogP contribution in [0.25, 0.3) is 0 Å². The highest BCUT2D eigenvalue weighted by Crippen LogP contribution is 2.32. The molecule has 1 fully saturated rings. The number of carbonyl (C=O) groups excluding carboxylic acids is 1. The molecule has 98 valence electrons. The number of nitrogens with one attached hydrogen (secondary N) is 1. The Bertz CT molecular complexity index is 592. The molecule has 0 bridgehead atoms. The van der Waals surface area contributed by atoms with Gasteiger partial charge in [0.25, 0.3) is 11.6 Å². The van der Waals surface area contributed by atoms with E-state index in [1.807, 2.05) is 6.07 Å². The number of carbonyl (C=O) groups is 1. The molecule has 0 unspecified atom stereocenters. The van der Waals surface area contributed by atoms with Crippen molar-refractivity contribution in [2.75, 3.05) is 0 Å². The molecule has 1 N–H and O–H groups in total. The normalized spacial score (nSPS) is 16.0. The first-order valence-electron chi connectivity index (χ1n) is 5.51. The topological polar surface area (TPSA) is 109 Å². The van der Waals surface area contributed by atoms with E-state index in [0.717, 1.165) is 18.7 Å². The third-order valence-corrected chi connectivity index (χ3v) is 3.27. The second-order valence-corrected chi connectivity index (χ2v) is 4.67. The molecule has 1 aromatic rings. The summed E-state index contributed by atoms with van der Waals surface area (Å²) in [6.07, 6.45) is 2.85. The minimum Gasteiger partial charge on any atom is -0.333 e. The lowest BCUT2D eigenvalue weighted by Crippen LogP contribution is -2.52. The monoisotopic (exact) mass is 280 g/mol. The fourth-order valence-electron chi connectivity index (χ4n) is 1.83. The maximum atomic E-state index is 12.0. The van der Waals surface area contributed by atoms with Crippen LogP contribution in [-0.4, -0.2) is 21.4 Å². The van der Waals surface area contributed by atoms with Crippen LogP contribution in [0.1, 0.15) is 29.6 Å². The Kier molecular flexibility index (Phi) is 3.36. The van der Waals surface area contributed by atoms with E-state index in [-0.39, 0.29) is 10.7 Å². The van der Waals surface area contributed by atoms with Crippen molar-refractivity contribution in [3.63, 3.8) is 0 Å². The highest BCUT2D eigenvalue weighted by molar-refractivity contribution is 6.29. The average Bonchev–Trinajstić information content (AvgIpc) is 2.33. The van der Waals surface area contributed by atoms with Crippen molar-refractivity contribution in [1.29, 1.82) is 5.26 Å². The summed E-state index contributed by atoms with van der Waals surface area (Å²) in [5.41, 5.74) is -1.54. The van der Waals surface area contributed by atoms with Crippen LogP contribution >= 0.6 is 11.6 Å². The van der Waals surface area contributed by atoms with E-state index in [9.17, 15) is 14.9 Å². The van der Waals surface area contributed by atoms with Gasteiger partial charge in [-0.15, -0.1) is 0 Å². The first-order chi connectivity index (χ1) is 8.97. The SMILES string of the molecule is N#CC1(NC(=O)c2cc(Cl)ncc2[N+](=O)[O-])CCC1. The standard InChI is InChI=1S/C11H9ClN4O3/c12-9-4-7(8(5-14-9)16(18)19)10(17)15-11(6-13)2-1-3-11/h4-5H,1-3H2,(H,15,17). The van der Waals surface area contributed by atoms with Crippen LogP contribution < -0.4 is 5.32 Å². The van der Waals surface area contributed by atoms with E-state index in [1.165, 1.54) is 0 Å². The molecule has 0 radical (unpaired) electrons. The highest BCUT2D eigenvalue weighted by atomic mass is 35.5. The average molecular weight is 281 g/mol. The van der Waals surface area contributed by atoms with Crippen LogP contribution in [0.3, 0.4) is 0 Å². The second kappa shape index (κ2) is 4.82.